The molecule has 0 aliphatic carbocycles. The van der Waals surface area contributed by atoms with Gasteiger partial charge in [-0.15, -0.1) is 0 Å². The minimum absolute atomic E-state index is 0.0928. The van der Waals surface area contributed by atoms with Crippen molar-refractivity contribution in [3.05, 3.63) is 47.0 Å². The summed E-state index contributed by atoms with van der Waals surface area (Å²) >= 11 is 0. The molecule has 0 fully saturated rings. The summed E-state index contributed by atoms with van der Waals surface area (Å²) in [6, 6.07) is 5.87. The van der Waals surface area contributed by atoms with E-state index < -0.39 is 0 Å². The molecule has 1 aromatic heterocycles. The second kappa shape index (κ2) is 5.19. The molecule has 0 saturated carbocycles. The Morgan fingerprint density at radius 3 is 3.16 bits per heavy atom. The van der Waals surface area contributed by atoms with E-state index in [1.807, 2.05) is 18.2 Å². The largest absolute Gasteiger partial charge is 0.345 e. The molecule has 0 radical (unpaired) electrons. The molecule has 0 atom stereocenters. The van der Waals surface area contributed by atoms with Crippen molar-refractivity contribution in [1.29, 1.82) is 0 Å². The predicted octanol–water partition coefficient (Wildman–Crippen LogP) is 0.380. The molecule has 0 bridgehead atoms. The van der Waals surface area contributed by atoms with Crippen molar-refractivity contribution >= 4 is 5.91 Å². The van der Waals surface area contributed by atoms with E-state index in [1.165, 1.54) is 17.5 Å². The summed E-state index contributed by atoms with van der Waals surface area (Å²) in [5.41, 5.74) is 3.21. The van der Waals surface area contributed by atoms with Gasteiger partial charge in [-0.1, -0.05) is 6.07 Å². The number of fused-ring (bicyclic) bond motifs is 1. The molecule has 2 aromatic rings. The fourth-order valence-electron chi connectivity index (χ4n) is 2.20. The van der Waals surface area contributed by atoms with E-state index >= 15 is 0 Å². The van der Waals surface area contributed by atoms with Gasteiger partial charge in [0.2, 0.25) is 0 Å². The number of H-pyrrole nitrogens is 1. The van der Waals surface area contributed by atoms with Crippen molar-refractivity contribution in [3.8, 4) is 0 Å². The van der Waals surface area contributed by atoms with E-state index in [2.05, 4.69) is 25.8 Å². The van der Waals surface area contributed by atoms with E-state index in [1.54, 1.807) is 0 Å². The number of benzene rings is 1. The molecule has 1 aliphatic heterocycles. The van der Waals surface area contributed by atoms with E-state index in [9.17, 15) is 4.79 Å². The Morgan fingerprint density at radius 1 is 1.37 bits per heavy atom. The van der Waals surface area contributed by atoms with Gasteiger partial charge in [-0.2, -0.15) is 5.10 Å². The van der Waals surface area contributed by atoms with Crippen LogP contribution < -0.4 is 10.6 Å². The van der Waals surface area contributed by atoms with Crippen LogP contribution in [0.4, 0.5) is 0 Å². The number of amides is 1. The van der Waals surface area contributed by atoms with Crippen molar-refractivity contribution < 1.29 is 4.79 Å². The summed E-state index contributed by atoms with van der Waals surface area (Å²) in [4.78, 5) is 16.0. The number of hydrogen-bond donors (Lipinski definition) is 3. The standard InChI is InChI=1S/C13H15N5O/c19-13(15-7-12-16-8-17-18-12)10-2-1-9-3-4-14-6-11(9)5-10/h1-2,5,8,14H,3-4,6-7H2,(H,15,19)(H,16,17,18). The quantitative estimate of drug-likeness (QED) is 0.742. The van der Waals surface area contributed by atoms with Crippen molar-refractivity contribution in [2.75, 3.05) is 6.54 Å². The first-order chi connectivity index (χ1) is 9.33. The van der Waals surface area contributed by atoms with Crippen LogP contribution >= 0.6 is 0 Å². The Labute approximate surface area is 110 Å². The normalized spacial score (nSPS) is 13.9. The van der Waals surface area contributed by atoms with E-state index in [-0.39, 0.29) is 5.91 Å². The third-order valence-corrected chi connectivity index (χ3v) is 3.24. The average molecular weight is 257 g/mol. The monoisotopic (exact) mass is 257 g/mol. The third kappa shape index (κ3) is 2.63. The van der Waals surface area contributed by atoms with Gasteiger partial charge in [0.05, 0.1) is 6.54 Å². The molecule has 0 unspecified atom stereocenters. The number of carbonyl (C=O) groups excluding carboxylic acids is 1. The number of rotatable bonds is 3. The molecule has 3 rings (SSSR count). The molecule has 19 heavy (non-hydrogen) atoms. The number of aromatic amines is 1. The minimum Gasteiger partial charge on any atom is -0.345 e. The number of nitrogens with one attached hydrogen (secondary N) is 3. The maximum atomic E-state index is 12.0. The Balaban J connectivity index is 1.69. The molecule has 2 heterocycles. The molecule has 6 heteroatoms. The first kappa shape index (κ1) is 11.9. The summed E-state index contributed by atoms with van der Waals surface area (Å²) in [5, 5.41) is 12.6. The molecular formula is C13H15N5O. The minimum atomic E-state index is -0.0928. The van der Waals surface area contributed by atoms with Crippen LogP contribution in [-0.4, -0.2) is 27.6 Å². The summed E-state index contributed by atoms with van der Waals surface area (Å²) in [6.07, 6.45) is 2.45. The topological polar surface area (TPSA) is 82.7 Å². The summed E-state index contributed by atoms with van der Waals surface area (Å²) in [7, 11) is 0. The second-order valence-corrected chi connectivity index (χ2v) is 4.53. The average Bonchev–Trinajstić information content (AvgIpc) is 2.97. The highest BCUT2D eigenvalue weighted by Crippen LogP contribution is 2.15. The summed E-state index contributed by atoms with van der Waals surface area (Å²) in [6.45, 7) is 2.19. The van der Waals surface area contributed by atoms with Gasteiger partial charge in [0, 0.05) is 12.1 Å². The van der Waals surface area contributed by atoms with Gasteiger partial charge in [0.25, 0.3) is 5.91 Å². The maximum absolute atomic E-state index is 12.0. The van der Waals surface area contributed by atoms with Crippen LogP contribution in [0.3, 0.4) is 0 Å². The molecular weight excluding hydrogens is 242 g/mol. The zero-order chi connectivity index (χ0) is 13.1. The highest BCUT2D eigenvalue weighted by Gasteiger charge is 2.12. The lowest BCUT2D eigenvalue weighted by Crippen LogP contribution is -2.26. The zero-order valence-corrected chi connectivity index (χ0v) is 10.4. The van der Waals surface area contributed by atoms with Gasteiger partial charge in [0.1, 0.15) is 12.2 Å². The highest BCUT2D eigenvalue weighted by molar-refractivity contribution is 5.94. The SMILES string of the molecule is O=C(NCc1ncn[nH]1)c1ccc2c(c1)CNCC2. The zero-order valence-electron chi connectivity index (χ0n) is 10.4. The molecule has 6 nitrogen and oxygen atoms in total. The number of nitrogens with zero attached hydrogens (tertiary/aromatic N) is 2. The van der Waals surface area contributed by atoms with Crippen LogP contribution in [0.5, 0.6) is 0 Å². The van der Waals surface area contributed by atoms with Crippen molar-refractivity contribution in [3.63, 3.8) is 0 Å². The van der Waals surface area contributed by atoms with E-state index in [4.69, 9.17) is 0 Å². The molecule has 0 spiro atoms. The number of carbonyl (C=O) groups is 1. The van der Waals surface area contributed by atoms with E-state index in [0.29, 0.717) is 17.9 Å². The molecule has 1 aliphatic rings. The first-order valence-electron chi connectivity index (χ1n) is 6.28. The van der Waals surface area contributed by atoms with Crippen LogP contribution in [0.25, 0.3) is 0 Å². The number of aromatic nitrogens is 3. The lowest BCUT2D eigenvalue weighted by atomic mass is 9.98. The number of hydrogen-bond acceptors (Lipinski definition) is 4. The molecule has 0 saturated heterocycles. The smallest absolute Gasteiger partial charge is 0.251 e. The lowest BCUT2D eigenvalue weighted by Gasteiger charge is -2.17. The Kier molecular flexibility index (Phi) is 3.24. The maximum Gasteiger partial charge on any atom is 0.251 e. The van der Waals surface area contributed by atoms with Crippen LogP contribution in [0.2, 0.25) is 0 Å². The second-order valence-electron chi connectivity index (χ2n) is 4.53. The van der Waals surface area contributed by atoms with Gasteiger partial charge in [-0.25, -0.2) is 4.98 Å². The van der Waals surface area contributed by atoms with Gasteiger partial charge < -0.3 is 10.6 Å². The Morgan fingerprint density at radius 2 is 2.32 bits per heavy atom. The van der Waals surface area contributed by atoms with Gasteiger partial charge in [-0.05, 0) is 36.2 Å². The van der Waals surface area contributed by atoms with Crippen LogP contribution in [-0.2, 0) is 19.5 Å². The van der Waals surface area contributed by atoms with Gasteiger partial charge in [-0.3, -0.25) is 9.89 Å². The fourth-order valence-corrected chi connectivity index (χ4v) is 2.20. The summed E-state index contributed by atoms with van der Waals surface area (Å²) < 4.78 is 0. The predicted molar refractivity (Wildman–Crippen MR) is 69.4 cm³/mol. The summed E-state index contributed by atoms with van der Waals surface area (Å²) in [5.74, 6) is 0.553. The van der Waals surface area contributed by atoms with Crippen molar-refractivity contribution in [1.82, 2.24) is 25.8 Å². The fraction of sp³-hybridized carbons (Fsp3) is 0.308. The molecule has 1 amide bonds. The third-order valence-electron chi connectivity index (χ3n) is 3.24. The Bertz CT molecular complexity index is 579. The van der Waals surface area contributed by atoms with Gasteiger partial charge >= 0.3 is 0 Å². The molecule has 3 N–H and O–H groups in total. The van der Waals surface area contributed by atoms with Crippen LogP contribution in [0, 0.1) is 0 Å². The van der Waals surface area contributed by atoms with Gasteiger partial charge in [0.15, 0.2) is 0 Å². The lowest BCUT2D eigenvalue weighted by molar-refractivity contribution is 0.0950. The highest BCUT2D eigenvalue weighted by atomic mass is 16.1. The van der Waals surface area contributed by atoms with Crippen LogP contribution in [0.15, 0.2) is 24.5 Å². The van der Waals surface area contributed by atoms with Crippen LogP contribution in [0.1, 0.15) is 27.3 Å². The molecule has 1 aromatic carbocycles. The Hall–Kier alpha value is -2.21. The van der Waals surface area contributed by atoms with E-state index in [0.717, 1.165) is 19.5 Å². The van der Waals surface area contributed by atoms with Crippen molar-refractivity contribution in [2.45, 2.75) is 19.5 Å². The van der Waals surface area contributed by atoms with Crippen molar-refractivity contribution in [2.24, 2.45) is 0 Å². The first-order valence-corrected chi connectivity index (χ1v) is 6.28. The molecule has 98 valence electrons.